The Morgan fingerprint density at radius 3 is 2.64 bits per heavy atom. The van der Waals surface area contributed by atoms with E-state index in [1.807, 2.05) is 0 Å². The molecular formula is C19H22F2N4. The highest BCUT2D eigenvalue weighted by molar-refractivity contribution is 5.51. The third kappa shape index (κ3) is 3.35. The lowest BCUT2D eigenvalue weighted by Gasteiger charge is -2.41. The molecule has 2 heterocycles. The summed E-state index contributed by atoms with van der Waals surface area (Å²) >= 11 is 0. The molecule has 1 atom stereocenters. The molecule has 2 aliphatic rings. The van der Waals surface area contributed by atoms with Gasteiger partial charge in [0.1, 0.15) is 23.8 Å². The summed E-state index contributed by atoms with van der Waals surface area (Å²) in [5, 5.41) is 0. The molecule has 2 aromatic rings. The molecule has 1 unspecified atom stereocenters. The highest BCUT2D eigenvalue weighted by Gasteiger charge is 2.28. The fraction of sp³-hybridized carbons (Fsp3) is 0.474. The third-order valence-electron chi connectivity index (χ3n) is 5.22. The summed E-state index contributed by atoms with van der Waals surface area (Å²) in [5.41, 5.74) is 3.17. The summed E-state index contributed by atoms with van der Waals surface area (Å²) in [5.74, 6) is 0.0430. The van der Waals surface area contributed by atoms with Crippen LogP contribution < -0.4 is 4.90 Å². The van der Waals surface area contributed by atoms with Crippen LogP contribution in [0.3, 0.4) is 0 Å². The first-order valence-electron chi connectivity index (χ1n) is 8.87. The van der Waals surface area contributed by atoms with Gasteiger partial charge in [0.2, 0.25) is 0 Å². The highest BCUT2D eigenvalue weighted by Crippen LogP contribution is 2.29. The van der Waals surface area contributed by atoms with Crippen LogP contribution in [0.15, 0.2) is 24.5 Å². The van der Waals surface area contributed by atoms with Gasteiger partial charge in [-0.3, -0.25) is 4.90 Å². The van der Waals surface area contributed by atoms with Crippen LogP contribution in [-0.4, -0.2) is 40.5 Å². The molecule has 4 nitrogen and oxygen atoms in total. The number of hydrogen-bond acceptors (Lipinski definition) is 4. The van der Waals surface area contributed by atoms with Crippen molar-refractivity contribution < 1.29 is 8.78 Å². The molecule has 0 saturated carbocycles. The van der Waals surface area contributed by atoms with Crippen LogP contribution in [0.5, 0.6) is 0 Å². The van der Waals surface area contributed by atoms with Gasteiger partial charge in [-0.05, 0) is 43.9 Å². The number of aromatic nitrogens is 2. The van der Waals surface area contributed by atoms with Crippen molar-refractivity contribution in [2.45, 2.75) is 38.8 Å². The van der Waals surface area contributed by atoms with E-state index >= 15 is 0 Å². The molecule has 132 valence electrons. The zero-order valence-electron chi connectivity index (χ0n) is 14.4. The summed E-state index contributed by atoms with van der Waals surface area (Å²) < 4.78 is 26.8. The summed E-state index contributed by atoms with van der Waals surface area (Å²) in [6.45, 7) is 5.29. The van der Waals surface area contributed by atoms with E-state index in [1.54, 1.807) is 6.33 Å². The van der Waals surface area contributed by atoms with Gasteiger partial charge in [0.05, 0.1) is 0 Å². The van der Waals surface area contributed by atoms with Crippen molar-refractivity contribution in [2.75, 3.05) is 24.5 Å². The Hall–Kier alpha value is -2.08. The topological polar surface area (TPSA) is 32.3 Å². The van der Waals surface area contributed by atoms with Gasteiger partial charge in [-0.2, -0.15) is 0 Å². The maximum Gasteiger partial charge on any atom is 0.135 e. The van der Waals surface area contributed by atoms with E-state index in [9.17, 15) is 8.78 Å². The van der Waals surface area contributed by atoms with E-state index in [0.717, 1.165) is 50.8 Å². The Morgan fingerprint density at radius 2 is 1.88 bits per heavy atom. The minimum absolute atomic E-state index is 0.284. The fourth-order valence-electron chi connectivity index (χ4n) is 3.97. The third-order valence-corrected chi connectivity index (χ3v) is 5.22. The van der Waals surface area contributed by atoms with Crippen LogP contribution in [0.2, 0.25) is 0 Å². The number of hydrogen-bond donors (Lipinski definition) is 0. The van der Waals surface area contributed by atoms with Crippen LogP contribution >= 0.6 is 0 Å². The van der Waals surface area contributed by atoms with Crippen molar-refractivity contribution >= 4 is 5.82 Å². The molecule has 1 aliphatic heterocycles. The predicted octanol–water partition coefficient (Wildman–Crippen LogP) is 2.95. The zero-order chi connectivity index (χ0) is 17.4. The molecular weight excluding hydrogens is 322 g/mol. The van der Waals surface area contributed by atoms with Gasteiger partial charge in [-0.1, -0.05) is 0 Å². The standard InChI is InChI=1S/C19H22F2N4/c1-13-10-25(19-17-3-2-4-18(17)22-12-23-19)6-5-24(13)11-14-7-15(20)9-16(21)8-14/h7-9,12-13H,2-6,10-11H2,1H3. The number of anilines is 1. The van der Waals surface area contributed by atoms with Crippen LogP contribution in [0.1, 0.15) is 30.2 Å². The molecule has 1 aromatic carbocycles. The Balaban J connectivity index is 1.47. The van der Waals surface area contributed by atoms with Gasteiger partial charge in [0.25, 0.3) is 0 Å². The lowest BCUT2D eigenvalue weighted by molar-refractivity contribution is 0.180. The summed E-state index contributed by atoms with van der Waals surface area (Å²) in [4.78, 5) is 13.5. The second-order valence-electron chi connectivity index (χ2n) is 7.02. The van der Waals surface area contributed by atoms with Crippen LogP contribution in [-0.2, 0) is 19.4 Å². The largest absolute Gasteiger partial charge is 0.353 e. The van der Waals surface area contributed by atoms with Crippen molar-refractivity contribution in [2.24, 2.45) is 0 Å². The first-order chi connectivity index (χ1) is 12.1. The van der Waals surface area contributed by atoms with Gasteiger partial charge < -0.3 is 4.90 Å². The van der Waals surface area contributed by atoms with Crippen LogP contribution in [0, 0.1) is 11.6 Å². The molecule has 1 saturated heterocycles. The SMILES string of the molecule is CC1CN(c2ncnc3c2CCC3)CCN1Cc1cc(F)cc(F)c1. The quantitative estimate of drug-likeness (QED) is 0.857. The van der Waals surface area contributed by atoms with Crippen molar-refractivity contribution in [1.29, 1.82) is 0 Å². The first kappa shape index (κ1) is 16.4. The number of nitrogens with zero attached hydrogens (tertiary/aromatic N) is 4. The maximum atomic E-state index is 13.4. The molecule has 25 heavy (non-hydrogen) atoms. The summed E-state index contributed by atoms with van der Waals surface area (Å²) in [6.07, 6.45) is 4.93. The summed E-state index contributed by atoms with van der Waals surface area (Å²) in [7, 11) is 0. The van der Waals surface area contributed by atoms with Gasteiger partial charge in [0.15, 0.2) is 0 Å². The number of piperazine rings is 1. The lowest BCUT2D eigenvalue weighted by Crippen LogP contribution is -2.52. The van der Waals surface area contributed by atoms with Gasteiger partial charge in [0, 0.05) is 49.5 Å². The summed E-state index contributed by atoms with van der Waals surface area (Å²) in [6, 6.07) is 4.03. The molecule has 1 aliphatic carbocycles. The molecule has 1 aromatic heterocycles. The van der Waals surface area contributed by atoms with Crippen molar-refractivity contribution in [1.82, 2.24) is 14.9 Å². The average Bonchev–Trinajstić information content (AvgIpc) is 3.04. The van der Waals surface area contributed by atoms with E-state index in [2.05, 4.69) is 26.7 Å². The molecule has 0 spiro atoms. The number of halogens is 2. The molecule has 4 rings (SSSR count). The van der Waals surface area contributed by atoms with Crippen molar-refractivity contribution in [3.8, 4) is 0 Å². The lowest BCUT2D eigenvalue weighted by atomic mass is 10.1. The van der Waals surface area contributed by atoms with Crippen LogP contribution in [0.4, 0.5) is 14.6 Å². The van der Waals surface area contributed by atoms with Crippen molar-refractivity contribution in [3.63, 3.8) is 0 Å². The molecule has 0 bridgehead atoms. The number of fused-ring (bicyclic) bond motifs is 1. The van der Waals surface area contributed by atoms with Gasteiger partial charge >= 0.3 is 0 Å². The fourth-order valence-corrected chi connectivity index (χ4v) is 3.97. The number of aryl methyl sites for hydroxylation is 1. The van der Waals surface area contributed by atoms with E-state index in [1.165, 1.54) is 23.4 Å². The van der Waals surface area contributed by atoms with Crippen LogP contribution in [0.25, 0.3) is 0 Å². The zero-order valence-corrected chi connectivity index (χ0v) is 14.4. The molecule has 0 N–H and O–H groups in total. The number of benzene rings is 1. The molecule has 0 radical (unpaired) electrons. The minimum Gasteiger partial charge on any atom is -0.353 e. The average molecular weight is 344 g/mol. The van der Waals surface area contributed by atoms with Crippen molar-refractivity contribution in [3.05, 3.63) is 53.0 Å². The minimum atomic E-state index is -0.516. The van der Waals surface area contributed by atoms with Gasteiger partial charge in [-0.25, -0.2) is 18.7 Å². The normalized spacial score (nSPS) is 20.8. The second kappa shape index (κ2) is 6.67. The van der Waals surface area contributed by atoms with E-state index in [0.29, 0.717) is 12.1 Å². The molecule has 1 fully saturated rings. The Labute approximate surface area is 146 Å². The predicted molar refractivity (Wildman–Crippen MR) is 92.5 cm³/mol. The van der Waals surface area contributed by atoms with E-state index in [4.69, 9.17) is 0 Å². The Morgan fingerprint density at radius 1 is 1.08 bits per heavy atom. The second-order valence-corrected chi connectivity index (χ2v) is 7.02. The first-order valence-corrected chi connectivity index (χ1v) is 8.87. The molecule has 6 heteroatoms. The van der Waals surface area contributed by atoms with Gasteiger partial charge in [-0.15, -0.1) is 0 Å². The Bertz CT molecular complexity index is 760. The smallest absolute Gasteiger partial charge is 0.135 e. The highest BCUT2D eigenvalue weighted by atomic mass is 19.1. The molecule has 0 amide bonds. The monoisotopic (exact) mass is 344 g/mol. The van der Waals surface area contributed by atoms with E-state index < -0.39 is 11.6 Å². The Kier molecular flexibility index (Phi) is 4.37. The number of rotatable bonds is 3. The maximum absolute atomic E-state index is 13.4. The van der Waals surface area contributed by atoms with E-state index in [-0.39, 0.29) is 6.04 Å².